The van der Waals surface area contributed by atoms with Crippen molar-refractivity contribution < 1.29 is 41.3 Å². The van der Waals surface area contributed by atoms with E-state index in [9.17, 15) is 37.5 Å². The molecule has 1 heterocycles. The summed E-state index contributed by atoms with van der Waals surface area (Å²) in [5.74, 6) is -4.63. The Morgan fingerprint density at radius 3 is 2.38 bits per heavy atom. The Morgan fingerprint density at radius 2 is 1.73 bits per heavy atom. The van der Waals surface area contributed by atoms with Gasteiger partial charge in [0.2, 0.25) is 11.2 Å². The summed E-state index contributed by atoms with van der Waals surface area (Å²) in [6, 6.07) is 5.03. The average molecular weight is 384 g/mol. The van der Waals surface area contributed by atoms with Crippen LogP contribution in [-0.4, -0.2) is 28.8 Å². The summed E-state index contributed by atoms with van der Waals surface area (Å²) in [4.78, 5) is 12.3. The lowest BCUT2D eigenvalue weighted by Crippen LogP contribution is -2.05. The standard InChI is InChI=1S/C15H9FO9S/c16-26(22,23)25-14-7(2-1-3-8(14)18)15-13(21)12(20)11-9(19)4-6(17)5-10(11)24-15/h1-5,17-19,21H. The smallest absolute Gasteiger partial charge is 0.488 e. The van der Waals surface area contributed by atoms with E-state index in [0.717, 1.165) is 24.3 Å². The van der Waals surface area contributed by atoms with Crippen molar-refractivity contribution in [3.63, 3.8) is 0 Å². The van der Waals surface area contributed by atoms with E-state index in [-0.39, 0.29) is 5.58 Å². The first-order chi connectivity index (χ1) is 12.1. The van der Waals surface area contributed by atoms with Crippen LogP contribution in [0.4, 0.5) is 3.89 Å². The van der Waals surface area contributed by atoms with Gasteiger partial charge in [-0.15, -0.1) is 0 Å². The van der Waals surface area contributed by atoms with E-state index in [4.69, 9.17) is 4.42 Å². The molecule has 26 heavy (non-hydrogen) atoms. The van der Waals surface area contributed by atoms with Crippen molar-refractivity contribution in [3.8, 4) is 40.1 Å². The minimum absolute atomic E-state index is 0.363. The second-order valence-corrected chi connectivity index (χ2v) is 6.03. The van der Waals surface area contributed by atoms with Crippen LogP contribution in [0.5, 0.6) is 28.7 Å². The number of hydrogen-bond donors (Lipinski definition) is 4. The molecule has 0 aliphatic carbocycles. The third-order valence-electron chi connectivity index (χ3n) is 3.36. The molecule has 4 N–H and O–H groups in total. The molecule has 0 bridgehead atoms. The molecule has 9 nitrogen and oxygen atoms in total. The third-order valence-corrected chi connectivity index (χ3v) is 3.72. The normalized spacial score (nSPS) is 11.6. The zero-order valence-electron chi connectivity index (χ0n) is 12.5. The molecule has 0 saturated carbocycles. The highest BCUT2D eigenvalue weighted by molar-refractivity contribution is 7.81. The number of phenols is 3. The van der Waals surface area contributed by atoms with E-state index in [1.165, 1.54) is 6.07 Å². The number of rotatable bonds is 3. The number of halogens is 1. The maximum Gasteiger partial charge on any atom is 0.488 e. The Labute approximate surface area is 144 Å². The van der Waals surface area contributed by atoms with Gasteiger partial charge in [0.25, 0.3) is 0 Å². The zero-order valence-corrected chi connectivity index (χ0v) is 13.3. The second-order valence-electron chi connectivity index (χ2n) is 5.08. The molecule has 0 spiro atoms. The van der Waals surface area contributed by atoms with Crippen LogP contribution >= 0.6 is 0 Å². The quantitative estimate of drug-likeness (QED) is 0.495. The van der Waals surface area contributed by atoms with Crippen molar-refractivity contribution in [2.75, 3.05) is 0 Å². The van der Waals surface area contributed by atoms with Crippen LogP contribution in [0.25, 0.3) is 22.3 Å². The van der Waals surface area contributed by atoms with E-state index < -0.39 is 61.4 Å². The molecule has 1 aromatic heterocycles. The first kappa shape index (κ1) is 17.4. The fourth-order valence-corrected chi connectivity index (χ4v) is 2.72. The highest BCUT2D eigenvalue weighted by atomic mass is 32.3. The van der Waals surface area contributed by atoms with E-state index in [1.54, 1.807) is 0 Å². The third kappa shape index (κ3) is 2.95. The van der Waals surface area contributed by atoms with E-state index in [2.05, 4.69) is 4.18 Å². The monoisotopic (exact) mass is 384 g/mol. The predicted octanol–water partition coefficient (Wildman–Crippen LogP) is 1.88. The summed E-state index contributed by atoms with van der Waals surface area (Å²) in [7, 11) is -5.55. The van der Waals surface area contributed by atoms with Crippen molar-refractivity contribution in [2.24, 2.45) is 0 Å². The Balaban J connectivity index is 2.39. The predicted molar refractivity (Wildman–Crippen MR) is 85.2 cm³/mol. The topological polar surface area (TPSA) is 154 Å². The fourth-order valence-electron chi connectivity index (χ4n) is 2.35. The number of fused-ring (bicyclic) bond motifs is 1. The van der Waals surface area contributed by atoms with Gasteiger partial charge in [-0.05, 0) is 12.1 Å². The molecule has 0 atom stereocenters. The van der Waals surface area contributed by atoms with E-state index in [1.807, 2.05) is 0 Å². The SMILES string of the molecule is O=c1c(O)c(-c2cccc(O)c2OS(=O)(=O)F)oc2cc(O)cc(O)c12. The van der Waals surface area contributed by atoms with Gasteiger partial charge in [0.15, 0.2) is 17.3 Å². The summed E-state index contributed by atoms with van der Waals surface area (Å²) in [6.45, 7) is 0. The summed E-state index contributed by atoms with van der Waals surface area (Å²) < 4.78 is 43.8. The molecule has 0 saturated heterocycles. The second kappa shape index (κ2) is 5.81. The van der Waals surface area contributed by atoms with Crippen molar-refractivity contribution in [3.05, 3.63) is 40.6 Å². The van der Waals surface area contributed by atoms with Gasteiger partial charge in [-0.1, -0.05) is 9.95 Å². The lowest BCUT2D eigenvalue weighted by Gasteiger charge is -2.11. The Bertz CT molecular complexity index is 1200. The largest absolute Gasteiger partial charge is 0.508 e. The van der Waals surface area contributed by atoms with Crippen LogP contribution in [-0.2, 0) is 10.5 Å². The van der Waals surface area contributed by atoms with Crippen LogP contribution in [0.3, 0.4) is 0 Å². The van der Waals surface area contributed by atoms with Crippen molar-refractivity contribution in [2.45, 2.75) is 0 Å². The van der Waals surface area contributed by atoms with Gasteiger partial charge in [0.1, 0.15) is 22.5 Å². The maximum atomic E-state index is 12.9. The van der Waals surface area contributed by atoms with Gasteiger partial charge >= 0.3 is 10.5 Å². The zero-order chi connectivity index (χ0) is 19.2. The molecular formula is C15H9FO9S. The number of aromatic hydroxyl groups is 4. The van der Waals surface area contributed by atoms with E-state index in [0.29, 0.717) is 0 Å². The molecule has 0 fully saturated rings. The molecule has 3 rings (SSSR count). The van der Waals surface area contributed by atoms with E-state index >= 15 is 0 Å². The Kier molecular flexibility index (Phi) is 3.88. The molecule has 0 aliphatic heterocycles. The van der Waals surface area contributed by atoms with Crippen LogP contribution in [0.15, 0.2) is 39.5 Å². The Hall–Kier alpha value is -3.47. The summed E-state index contributed by atoms with van der Waals surface area (Å²) in [6.07, 6.45) is 0. The fraction of sp³-hybridized carbons (Fsp3) is 0. The molecule has 11 heteroatoms. The average Bonchev–Trinajstić information content (AvgIpc) is 2.51. The Morgan fingerprint density at radius 1 is 1.04 bits per heavy atom. The molecule has 0 radical (unpaired) electrons. The van der Waals surface area contributed by atoms with Gasteiger partial charge in [-0.3, -0.25) is 4.79 Å². The van der Waals surface area contributed by atoms with Gasteiger partial charge in [0.05, 0.1) is 5.56 Å². The highest BCUT2D eigenvalue weighted by Gasteiger charge is 2.25. The molecule has 0 aliphatic rings. The van der Waals surface area contributed by atoms with Gasteiger partial charge in [-0.2, -0.15) is 8.42 Å². The highest BCUT2D eigenvalue weighted by Crippen LogP contribution is 2.42. The molecule has 136 valence electrons. The van der Waals surface area contributed by atoms with Crippen LogP contribution in [0.1, 0.15) is 0 Å². The summed E-state index contributed by atoms with van der Waals surface area (Å²) in [5, 5.41) is 38.6. The van der Waals surface area contributed by atoms with Crippen molar-refractivity contribution >= 4 is 21.5 Å². The van der Waals surface area contributed by atoms with Gasteiger partial charge in [0, 0.05) is 12.1 Å². The summed E-state index contributed by atoms with van der Waals surface area (Å²) in [5.41, 5.74) is -1.94. The van der Waals surface area contributed by atoms with Crippen LogP contribution < -0.4 is 9.61 Å². The molecule has 0 amide bonds. The molecular weight excluding hydrogens is 375 g/mol. The lowest BCUT2D eigenvalue weighted by molar-refractivity contribution is 0.405. The molecule has 2 aromatic carbocycles. The minimum atomic E-state index is -5.55. The minimum Gasteiger partial charge on any atom is -0.508 e. The van der Waals surface area contributed by atoms with Crippen molar-refractivity contribution in [1.29, 1.82) is 0 Å². The maximum absolute atomic E-state index is 12.9. The molecule has 3 aromatic rings. The molecule has 0 unspecified atom stereocenters. The van der Waals surface area contributed by atoms with Gasteiger partial charge in [-0.25, -0.2) is 0 Å². The number of benzene rings is 2. The van der Waals surface area contributed by atoms with Crippen LogP contribution in [0, 0.1) is 0 Å². The lowest BCUT2D eigenvalue weighted by atomic mass is 10.1. The number of phenolic OH excluding ortho intramolecular Hbond substituents is 3. The van der Waals surface area contributed by atoms with Gasteiger partial charge < -0.3 is 29.0 Å². The van der Waals surface area contributed by atoms with Crippen molar-refractivity contribution in [1.82, 2.24) is 0 Å². The first-order valence-corrected chi connectivity index (χ1v) is 8.07. The van der Waals surface area contributed by atoms with Crippen LogP contribution in [0.2, 0.25) is 0 Å². The number of para-hydroxylation sites is 1. The first-order valence-electron chi connectivity index (χ1n) is 6.76. The summed E-state index contributed by atoms with van der Waals surface area (Å²) >= 11 is 0. The number of hydrogen-bond acceptors (Lipinski definition) is 9.